The highest BCUT2D eigenvalue weighted by atomic mass is 35.5. The molecule has 28 heavy (non-hydrogen) atoms. The molecule has 2 rings (SSSR count). The van der Waals surface area contributed by atoms with Crippen LogP contribution in [-0.2, 0) is 9.59 Å². The molecule has 1 fully saturated rings. The summed E-state index contributed by atoms with van der Waals surface area (Å²) in [6.45, 7) is 8.82. The molecule has 1 unspecified atom stereocenters. The summed E-state index contributed by atoms with van der Waals surface area (Å²) < 4.78 is 0. The van der Waals surface area contributed by atoms with Crippen molar-refractivity contribution in [3.63, 3.8) is 0 Å². The predicted octanol–water partition coefficient (Wildman–Crippen LogP) is 2.98. The Morgan fingerprint density at radius 3 is 2.75 bits per heavy atom. The van der Waals surface area contributed by atoms with E-state index in [0.717, 1.165) is 25.1 Å². The first kappa shape index (κ1) is 22.7. The molecule has 7 nitrogen and oxygen atoms in total. The lowest BCUT2D eigenvalue weighted by Crippen LogP contribution is -2.54. The summed E-state index contributed by atoms with van der Waals surface area (Å²) in [5, 5.41) is 3.76. The molecule has 0 aromatic carbocycles. The van der Waals surface area contributed by atoms with Gasteiger partial charge in [-0.25, -0.2) is 9.97 Å². The third-order valence-corrected chi connectivity index (χ3v) is 5.71. The van der Waals surface area contributed by atoms with Crippen molar-refractivity contribution in [2.45, 2.75) is 57.7 Å². The number of nitrogens with zero attached hydrogens (tertiary/aromatic N) is 4. The summed E-state index contributed by atoms with van der Waals surface area (Å²) in [5.74, 6) is 1.16. The average Bonchev–Trinajstić information content (AvgIpc) is 2.68. The van der Waals surface area contributed by atoms with Gasteiger partial charge in [-0.2, -0.15) is 0 Å². The molecule has 1 atom stereocenters. The number of amides is 2. The fourth-order valence-corrected chi connectivity index (χ4v) is 4.05. The number of aromatic nitrogens is 2. The lowest BCUT2D eigenvalue weighted by Gasteiger charge is -2.40. The third-order valence-electron chi connectivity index (χ3n) is 4.67. The largest absolute Gasteiger partial charge is 0.355 e. The molecule has 1 aromatic heterocycles. The van der Waals surface area contributed by atoms with Gasteiger partial charge in [0.25, 0.3) is 0 Å². The fraction of sp³-hybridized carbons (Fsp3) is 0.684. The van der Waals surface area contributed by atoms with Gasteiger partial charge in [0.05, 0.1) is 5.75 Å². The van der Waals surface area contributed by atoms with Crippen molar-refractivity contribution >= 4 is 41.0 Å². The Hall–Kier alpha value is -1.54. The SMILES string of the molecule is CCCCCNC(=O)CSc1nc(Cl)cc(N2CCN(C(=O)CC)C(C)C2)n1. The Labute approximate surface area is 176 Å². The van der Waals surface area contributed by atoms with E-state index in [1.165, 1.54) is 11.8 Å². The number of halogens is 1. The van der Waals surface area contributed by atoms with E-state index in [2.05, 4.69) is 27.1 Å². The van der Waals surface area contributed by atoms with E-state index in [0.29, 0.717) is 42.9 Å². The van der Waals surface area contributed by atoms with Crippen LogP contribution in [0.4, 0.5) is 5.82 Å². The molecule has 156 valence electrons. The molecule has 2 amide bonds. The van der Waals surface area contributed by atoms with Crippen LogP contribution >= 0.6 is 23.4 Å². The second-order valence-corrected chi connectivity index (χ2v) is 8.24. The van der Waals surface area contributed by atoms with E-state index in [-0.39, 0.29) is 23.6 Å². The molecule has 0 aliphatic carbocycles. The van der Waals surface area contributed by atoms with Crippen molar-refractivity contribution in [2.24, 2.45) is 0 Å². The second-order valence-electron chi connectivity index (χ2n) is 6.91. The van der Waals surface area contributed by atoms with Crippen LogP contribution in [0.3, 0.4) is 0 Å². The van der Waals surface area contributed by atoms with Crippen LogP contribution < -0.4 is 10.2 Å². The van der Waals surface area contributed by atoms with Gasteiger partial charge in [0.15, 0.2) is 5.16 Å². The second kappa shape index (κ2) is 11.5. The van der Waals surface area contributed by atoms with Gasteiger partial charge >= 0.3 is 0 Å². The minimum atomic E-state index is -0.0217. The van der Waals surface area contributed by atoms with Gasteiger partial charge in [-0.05, 0) is 13.3 Å². The van der Waals surface area contributed by atoms with Gasteiger partial charge in [-0.15, -0.1) is 0 Å². The number of carbonyl (C=O) groups is 2. The van der Waals surface area contributed by atoms with Gasteiger partial charge in [0, 0.05) is 44.7 Å². The lowest BCUT2D eigenvalue weighted by atomic mass is 10.1. The fourth-order valence-electron chi connectivity index (χ4n) is 3.14. The maximum absolute atomic E-state index is 12.0. The van der Waals surface area contributed by atoms with Gasteiger partial charge in [-0.1, -0.05) is 50.1 Å². The number of unbranched alkanes of at least 4 members (excludes halogenated alkanes) is 2. The number of rotatable bonds is 9. The van der Waals surface area contributed by atoms with Crippen LogP contribution in [0.25, 0.3) is 0 Å². The van der Waals surface area contributed by atoms with E-state index < -0.39 is 0 Å². The van der Waals surface area contributed by atoms with Crippen molar-refractivity contribution in [2.75, 3.05) is 36.8 Å². The number of anilines is 1. The Morgan fingerprint density at radius 2 is 2.07 bits per heavy atom. The summed E-state index contributed by atoms with van der Waals surface area (Å²) in [6, 6.07) is 1.85. The predicted molar refractivity (Wildman–Crippen MR) is 114 cm³/mol. The van der Waals surface area contributed by atoms with Crippen LogP contribution in [0.2, 0.25) is 5.15 Å². The van der Waals surface area contributed by atoms with Crippen LogP contribution in [0.15, 0.2) is 11.2 Å². The molecular formula is C19H30ClN5O2S. The summed E-state index contributed by atoms with van der Waals surface area (Å²) in [5.41, 5.74) is 0. The van der Waals surface area contributed by atoms with Gasteiger partial charge in [0.1, 0.15) is 11.0 Å². The molecule has 0 radical (unpaired) electrons. The Bertz CT molecular complexity index is 676. The molecule has 1 N–H and O–H groups in total. The van der Waals surface area contributed by atoms with Crippen molar-refractivity contribution in [3.05, 3.63) is 11.2 Å². The number of hydrogen-bond acceptors (Lipinski definition) is 6. The molecule has 2 heterocycles. The normalized spacial score (nSPS) is 16.9. The number of hydrogen-bond donors (Lipinski definition) is 1. The number of thioether (sulfide) groups is 1. The molecule has 1 aliphatic rings. The summed E-state index contributed by atoms with van der Waals surface area (Å²) in [4.78, 5) is 36.8. The summed E-state index contributed by atoms with van der Waals surface area (Å²) >= 11 is 7.47. The van der Waals surface area contributed by atoms with Gasteiger partial charge < -0.3 is 15.1 Å². The zero-order chi connectivity index (χ0) is 20.5. The Kier molecular flexibility index (Phi) is 9.31. The quantitative estimate of drug-likeness (QED) is 0.282. The zero-order valence-corrected chi connectivity index (χ0v) is 18.5. The number of piperazine rings is 1. The first-order valence-corrected chi connectivity index (χ1v) is 11.3. The van der Waals surface area contributed by atoms with Crippen LogP contribution in [0, 0.1) is 0 Å². The highest BCUT2D eigenvalue weighted by molar-refractivity contribution is 7.99. The molecule has 1 saturated heterocycles. The van der Waals surface area contributed by atoms with Crippen molar-refractivity contribution in [3.8, 4) is 0 Å². The van der Waals surface area contributed by atoms with Crippen molar-refractivity contribution < 1.29 is 9.59 Å². The topological polar surface area (TPSA) is 78.4 Å². The standard InChI is InChI=1S/C19H30ClN5O2S/c1-4-6-7-8-21-17(26)13-28-19-22-15(20)11-16(23-19)24-9-10-25(14(3)12-24)18(27)5-2/h11,14H,4-10,12-13H2,1-3H3,(H,21,26). The van der Waals surface area contributed by atoms with Crippen molar-refractivity contribution in [1.29, 1.82) is 0 Å². The van der Waals surface area contributed by atoms with E-state index in [1.807, 2.05) is 18.7 Å². The maximum atomic E-state index is 12.0. The summed E-state index contributed by atoms with van der Waals surface area (Å²) in [7, 11) is 0. The minimum Gasteiger partial charge on any atom is -0.355 e. The van der Waals surface area contributed by atoms with E-state index in [9.17, 15) is 9.59 Å². The smallest absolute Gasteiger partial charge is 0.230 e. The van der Waals surface area contributed by atoms with Gasteiger partial charge in [-0.3, -0.25) is 9.59 Å². The molecule has 0 spiro atoms. The monoisotopic (exact) mass is 427 g/mol. The summed E-state index contributed by atoms with van der Waals surface area (Å²) in [6.07, 6.45) is 3.76. The number of carbonyl (C=O) groups excluding carboxylic acids is 2. The van der Waals surface area contributed by atoms with E-state index >= 15 is 0 Å². The van der Waals surface area contributed by atoms with Crippen LogP contribution in [-0.4, -0.2) is 64.7 Å². The Morgan fingerprint density at radius 1 is 1.29 bits per heavy atom. The zero-order valence-electron chi connectivity index (χ0n) is 16.9. The first-order chi connectivity index (χ1) is 13.4. The maximum Gasteiger partial charge on any atom is 0.230 e. The van der Waals surface area contributed by atoms with Gasteiger partial charge in [0.2, 0.25) is 11.8 Å². The van der Waals surface area contributed by atoms with Crippen LogP contribution in [0.1, 0.15) is 46.5 Å². The highest BCUT2D eigenvalue weighted by Crippen LogP contribution is 2.24. The first-order valence-electron chi connectivity index (χ1n) is 9.93. The molecule has 0 bridgehead atoms. The van der Waals surface area contributed by atoms with Crippen molar-refractivity contribution in [1.82, 2.24) is 20.2 Å². The highest BCUT2D eigenvalue weighted by Gasteiger charge is 2.27. The lowest BCUT2D eigenvalue weighted by molar-refractivity contribution is -0.133. The van der Waals surface area contributed by atoms with E-state index in [4.69, 9.17) is 11.6 Å². The van der Waals surface area contributed by atoms with Crippen LogP contribution in [0.5, 0.6) is 0 Å². The Balaban J connectivity index is 1.92. The molecular weight excluding hydrogens is 398 g/mol. The minimum absolute atomic E-state index is 0.0217. The molecule has 1 aromatic rings. The molecule has 9 heteroatoms. The molecule has 1 aliphatic heterocycles. The molecule has 0 saturated carbocycles. The number of nitrogens with one attached hydrogen (secondary N) is 1. The third kappa shape index (κ3) is 6.81. The average molecular weight is 428 g/mol. The van der Waals surface area contributed by atoms with E-state index in [1.54, 1.807) is 6.07 Å².